The standard InChI is InChI=1S/C15H20F2N2O/c1-9-5-3-4-6-14(9)19(2)15(20)10-7-13(18)12(17)8-11(10)16/h7-9,14H,3-6,18H2,1-2H3. The molecule has 3 nitrogen and oxygen atoms in total. The van der Waals surface area contributed by atoms with E-state index >= 15 is 0 Å². The van der Waals surface area contributed by atoms with Gasteiger partial charge in [0, 0.05) is 19.2 Å². The second-order valence-electron chi connectivity index (χ2n) is 5.60. The third kappa shape index (κ3) is 2.76. The van der Waals surface area contributed by atoms with Crippen LogP contribution < -0.4 is 5.73 Å². The van der Waals surface area contributed by atoms with Crippen molar-refractivity contribution in [2.24, 2.45) is 5.92 Å². The monoisotopic (exact) mass is 282 g/mol. The summed E-state index contributed by atoms with van der Waals surface area (Å²) in [5.41, 5.74) is 5.05. The van der Waals surface area contributed by atoms with Crippen LogP contribution in [-0.4, -0.2) is 23.9 Å². The Morgan fingerprint density at radius 3 is 2.55 bits per heavy atom. The molecule has 0 aliphatic heterocycles. The van der Waals surface area contributed by atoms with Crippen LogP contribution in [-0.2, 0) is 0 Å². The first kappa shape index (κ1) is 14.8. The minimum atomic E-state index is -0.864. The van der Waals surface area contributed by atoms with Crippen LogP contribution in [0.15, 0.2) is 12.1 Å². The molecule has 1 aliphatic rings. The molecule has 1 aromatic rings. The lowest BCUT2D eigenvalue weighted by Gasteiger charge is -2.36. The SMILES string of the molecule is CC1CCCCC1N(C)C(=O)c1cc(N)c(F)cc1F. The fraction of sp³-hybridized carbons (Fsp3) is 0.533. The number of carbonyl (C=O) groups excluding carboxylic acids is 1. The summed E-state index contributed by atoms with van der Waals surface area (Å²) in [6.07, 6.45) is 4.22. The van der Waals surface area contributed by atoms with Gasteiger partial charge in [-0.3, -0.25) is 4.79 Å². The molecule has 2 rings (SSSR count). The van der Waals surface area contributed by atoms with Crippen molar-refractivity contribution in [2.75, 3.05) is 12.8 Å². The maximum absolute atomic E-state index is 13.8. The molecule has 2 atom stereocenters. The zero-order chi connectivity index (χ0) is 14.9. The summed E-state index contributed by atoms with van der Waals surface area (Å²) in [6, 6.07) is 1.85. The highest BCUT2D eigenvalue weighted by atomic mass is 19.1. The number of benzene rings is 1. The predicted molar refractivity (Wildman–Crippen MR) is 74.3 cm³/mol. The molecule has 0 heterocycles. The average Bonchev–Trinajstić information content (AvgIpc) is 2.42. The van der Waals surface area contributed by atoms with Gasteiger partial charge in [-0.2, -0.15) is 0 Å². The van der Waals surface area contributed by atoms with E-state index in [1.165, 1.54) is 0 Å². The fourth-order valence-electron chi connectivity index (χ4n) is 2.94. The number of hydrogen-bond acceptors (Lipinski definition) is 2. The topological polar surface area (TPSA) is 46.3 Å². The van der Waals surface area contributed by atoms with Crippen molar-refractivity contribution < 1.29 is 13.6 Å². The van der Waals surface area contributed by atoms with Crippen LogP contribution in [0.3, 0.4) is 0 Å². The predicted octanol–water partition coefficient (Wildman–Crippen LogP) is 3.20. The number of hydrogen-bond donors (Lipinski definition) is 1. The summed E-state index contributed by atoms with van der Waals surface area (Å²) in [5.74, 6) is -1.75. The van der Waals surface area contributed by atoms with Crippen LogP contribution in [0, 0.1) is 17.6 Å². The molecule has 2 unspecified atom stereocenters. The van der Waals surface area contributed by atoms with Crippen LogP contribution in [0.5, 0.6) is 0 Å². The number of nitrogens with zero attached hydrogens (tertiary/aromatic N) is 1. The smallest absolute Gasteiger partial charge is 0.256 e. The van der Waals surface area contributed by atoms with Gasteiger partial charge in [0.25, 0.3) is 5.91 Å². The number of carbonyl (C=O) groups is 1. The molecule has 0 aromatic heterocycles. The van der Waals surface area contributed by atoms with E-state index in [0.29, 0.717) is 12.0 Å². The fourth-order valence-corrected chi connectivity index (χ4v) is 2.94. The van der Waals surface area contributed by atoms with Gasteiger partial charge in [-0.05, 0) is 24.8 Å². The minimum absolute atomic E-state index is 0.0990. The summed E-state index contributed by atoms with van der Waals surface area (Å²) in [4.78, 5) is 14.0. The molecule has 1 fully saturated rings. The number of nitrogen functional groups attached to an aromatic ring is 1. The second kappa shape index (κ2) is 5.77. The van der Waals surface area contributed by atoms with Crippen molar-refractivity contribution in [3.63, 3.8) is 0 Å². The van der Waals surface area contributed by atoms with E-state index in [2.05, 4.69) is 6.92 Å². The van der Waals surface area contributed by atoms with Crippen LogP contribution in [0.2, 0.25) is 0 Å². The van der Waals surface area contributed by atoms with E-state index in [9.17, 15) is 13.6 Å². The number of nitrogens with two attached hydrogens (primary N) is 1. The molecule has 1 saturated carbocycles. The highest BCUT2D eigenvalue weighted by Gasteiger charge is 2.29. The van der Waals surface area contributed by atoms with Crippen LogP contribution in [0.25, 0.3) is 0 Å². The Morgan fingerprint density at radius 2 is 1.90 bits per heavy atom. The molecule has 0 bridgehead atoms. The minimum Gasteiger partial charge on any atom is -0.396 e. The van der Waals surface area contributed by atoms with E-state index in [0.717, 1.165) is 31.7 Å². The van der Waals surface area contributed by atoms with Gasteiger partial charge in [-0.1, -0.05) is 19.8 Å². The first-order valence-corrected chi connectivity index (χ1v) is 6.93. The Labute approximate surface area is 117 Å². The molecule has 1 amide bonds. The third-order valence-electron chi connectivity index (χ3n) is 4.20. The lowest BCUT2D eigenvalue weighted by molar-refractivity contribution is 0.0624. The molecule has 0 spiro atoms. The van der Waals surface area contributed by atoms with Crippen LogP contribution in [0.1, 0.15) is 43.0 Å². The lowest BCUT2D eigenvalue weighted by atomic mass is 9.85. The first-order valence-electron chi connectivity index (χ1n) is 6.93. The van der Waals surface area contributed by atoms with Gasteiger partial charge in [0.05, 0.1) is 11.3 Å². The second-order valence-corrected chi connectivity index (χ2v) is 5.60. The Kier molecular flexibility index (Phi) is 4.26. The molecule has 0 saturated heterocycles. The summed E-state index contributed by atoms with van der Waals surface area (Å²) in [7, 11) is 1.67. The van der Waals surface area contributed by atoms with Crippen LogP contribution in [0.4, 0.5) is 14.5 Å². The van der Waals surface area contributed by atoms with Crippen molar-refractivity contribution in [1.29, 1.82) is 0 Å². The summed E-state index contributed by atoms with van der Waals surface area (Å²) in [5, 5.41) is 0. The normalized spacial score (nSPS) is 22.6. The Hall–Kier alpha value is -1.65. The molecule has 1 aromatic carbocycles. The van der Waals surface area contributed by atoms with E-state index in [4.69, 9.17) is 5.73 Å². The van der Waals surface area contributed by atoms with Gasteiger partial charge in [0.1, 0.15) is 11.6 Å². The first-order chi connectivity index (χ1) is 9.41. The van der Waals surface area contributed by atoms with E-state index in [1.807, 2.05) is 0 Å². The maximum atomic E-state index is 13.8. The molecule has 1 aliphatic carbocycles. The quantitative estimate of drug-likeness (QED) is 0.847. The van der Waals surface area contributed by atoms with Gasteiger partial charge >= 0.3 is 0 Å². The van der Waals surface area contributed by atoms with E-state index in [1.54, 1.807) is 11.9 Å². The Bertz CT molecular complexity index is 519. The zero-order valence-electron chi connectivity index (χ0n) is 11.8. The van der Waals surface area contributed by atoms with E-state index in [-0.39, 0.29) is 17.3 Å². The van der Waals surface area contributed by atoms with Crippen molar-refractivity contribution in [3.05, 3.63) is 29.3 Å². The molecule has 110 valence electrons. The van der Waals surface area contributed by atoms with Gasteiger partial charge < -0.3 is 10.6 Å². The maximum Gasteiger partial charge on any atom is 0.256 e. The molecule has 20 heavy (non-hydrogen) atoms. The molecular weight excluding hydrogens is 262 g/mol. The van der Waals surface area contributed by atoms with Crippen LogP contribution >= 0.6 is 0 Å². The number of halogens is 2. The Morgan fingerprint density at radius 1 is 1.25 bits per heavy atom. The van der Waals surface area contributed by atoms with Gasteiger partial charge in [-0.25, -0.2) is 8.78 Å². The summed E-state index contributed by atoms with van der Waals surface area (Å²) < 4.78 is 26.9. The molecule has 5 heteroatoms. The van der Waals surface area contributed by atoms with Gasteiger partial charge in [0.2, 0.25) is 0 Å². The molecular formula is C15H20F2N2O. The Balaban J connectivity index is 2.24. The zero-order valence-corrected chi connectivity index (χ0v) is 11.8. The number of anilines is 1. The lowest BCUT2D eigenvalue weighted by Crippen LogP contribution is -2.43. The molecule has 0 radical (unpaired) electrons. The third-order valence-corrected chi connectivity index (χ3v) is 4.20. The molecule has 2 N–H and O–H groups in total. The highest BCUT2D eigenvalue weighted by Crippen LogP contribution is 2.29. The highest BCUT2D eigenvalue weighted by molar-refractivity contribution is 5.95. The van der Waals surface area contributed by atoms with Gasteiger partial charge in [-0.15, -0.1) is 0 Å². The summed E-state index contributed by atoms with van der Waals surface area (Å²) in [6.45, 7) is 2.10. The van der Waals surface area contributed by atoms with Crippen molar-refractivity contribution in [3.8, 4) is 0 Å². The van der Waals surface area contributed by atoms with Crippen molar-refractivity contribution in [1.82, 2.24) is 4.90 Å². The van der Waals surface area contributed by atoms with Crippen molar-refractivity contribution in [2.45, 2.75) is 38.6 Å². The number of amides is 1. The largest absolute Gasteiger partial charge is 0.396 e. The number of rotatable bonds is 2. The summed E-state index contributed by atoms with van der Waals surface area (Å²) >= 11 is 0. The average molecular weight is 282 g/mol. The van der Waals surface area contributed by atoms with Crippen molar-refractivity contribution >= 4 is 11.6 Å². The van der Waals surface area contributed by atoms with E-state index < -0.39 is 17.5 Å². The van der Waals surface area contributed by atoms with Gasteiger partial charge in [0.15, 0.2) is 0 Å².